The number of ether oxygens (including phenoxy) is 2. The SMILES string of the molecule is CNCc1cn(S(=O)(=O)c2cccc(OC)c2)c2cc(Nc3ccc(OC)nc3Cl)ccc12.Cl. The monoisotopic (exact) mass is 522 g/mol. The fourth-order valence-electron chi connectivity index (χ4n) is 3.53. The van der Waals surface area contributed by atoms with E-state index in [1.54, 1.807) is 42.6 Å². The van der Waals surface area contributed by atoms with Crippen molar-refractivity contribution in [3.8, 4) is 11.6 Å². The van der Waals surface area contributed by atoms with Crippen LogP contribution in [0.25, 0.3) is 10.9 Å². The summed E-state index contributed by atoms with van der Waals surface area (Å²) in [6.07, 6.45) is 1.64. The van der Waals surface area contributed by atoms with Crippen molar-refractivity contribution in [2.75, 3.05) is 26.6 Å². The van der Waals surface area contributed by atoms with Gasteiger partial charge in [0.25, 0.3) is 10.0 Å². The Balaban J connectivity index is 0.00000324. The van der Waals surface area contributed by atoms with Crippen molar-refractivity contribution in [3.63, 3.8) is 0 Å². The highest BCUT2D eigenvalue weighted by molar-refractivity contribution is 7.90. The second-order valence-electron chi connectivity index (χ2n) is 7.21. The summed E-state index contributed by atoms with van der Waals surface area (Å²) in [7, 11) is 0.950. The molecule has 0 amide bonds. The topological polar surface area (TPSA) is 94.5 Å². The normalized spacial score (nSPS) is 11.2. The maximum atomic E-state index is 13.5. The molecule has 0 atom stereocenters. The number of rotatable bonds is 8. The molecule has 0 aliphatic heterocycles. The van der Waals surface area contributed by atoms with Gasteiger partial charge in [0.05, 0.1) is 30.3 Å². The number of pyridine rings is 1. The van der Waals surface area contributed by atoms with Crippen LogP contribution in [0.3, 0.4) is 0 Å². The summed E-state index contributed by atoms with van der Waals surface area (Å²) in [6.45, 7) is 0.512. The summed E-state index contributed by atoms with van der Waals surface area (Å²) in [6, 6.07) is 15.4. The van der Waals surface area contributed by atoms with Gasteiger partial charge < -0.3 is 20.1 Å². The highest BCUT2D eigenvalue weighted by atomic mass is 35.5. The van der Waals surface area contributed by atoms with Crippen LogP contribution >= 0.6 is 24.0 Å². The first-order chi connectivity index (χ1) is 15.9. The largest absolute Gasteiger partial charge is 0.497 e. The van der Waals surface area contributed by atoms with Crippen LogP contribution in [0.2, 0.25) is 5.15 Å². The lowest BCUT2D eigenvalue weighted by Crippen LogP contribution is -2.12. The van der Waals surface area contributed by atoms with Gasteiger partial charge in [0.15, 0.2) is 5.15 Å². The standard InChI is InChI=1S/C23H23ClN4O4S.ClH/c1-25-13-15-14-28(33(29,30)18-6-4-5-17(12-18)31-2)21-11-16(7-8-19(15)21)26-20-9-10-22(32-3)27-23(20)24;/h4-12,14,25-26H,13H2,1-3H3;1H. The van der Waals surface area contributed by atoms with Crippen molar-refractivity contribution in [1.29, 1.82) is 0 Å². The highest BCUT2D eigenvalue weighted by Crippen LogP contribution is 2.32. The fourth-order valence-corrected chi connectivity index (χ4v) is 5.14. The minimum atomic E-state index is -3.88. The third kappa shape index (κ3) is 4.92. The molecule has 0 spiro atoms. The summed E-state index contributed by atoms with van der Waals surface area (Å²) in [5.41, 5.74) is 2.62. The smallest absolute Gasteiger partial charge is 0.268 e. The molecule has 0 radical (unpaired) electrons. The lowest BCUT2D eigenvalue weighted by molar-refractivity contribution is 0.398. The van der Waals surface area contributed by atoms with E-state index in [2.05, 4.69) is 15.6 Å². The van der Waals surface area contributed by atoms with E-state index in [1.165, 1.54) is 24.3 Å². The minimum Gasteiger partial charge on any atom is -0.497 e. The summed E-state index contributed by atoms with van der Waals surface area (Å²) < 4.78 is 38.7. The van der Waals surface area contributed by atoms with E-state index >= 15 is 0 Å². The summed E-state index contributed by atoms with van der Waals surface area (Å²) in [4.78, 5) is 4.29. The fraction of sp³-hybridized carbons (Fsp3) is 0.174. The van der Waals surface area contributed by atoms with Gasteiger partial charge in [0.2, 0.25) is 5.88 Å². The molecule has 0 aliphatic carbocycles. The van der Waals surface area contributed by atoms with E-state index in [0.717, 1.165) is 10.9 Å². The molecule has 180 valence electrons. The second kappa shape index (κ2) is 10.5. The van der Waals surface area contributed by atoms with Gasteiger partial charge in [-0.15, -0.1) is 12.4 Å². The number of anilines is 2. The van der Waals surface area contributed by atoms with Crippen LogP contribution < -0.4 is 20.1 Å². The van der Waals surface area contributed by atoms with Crippen LogP contribution in [0.5, 0.6) is 11.6 Å². The first-order valence-corrected chi connectivity index (χ1v) is 11.8. The Morgan fingerprint density at radius 3 is 2.53 bits per heavy atom. The molecule has 0 bridgehead atoms. The van der Waals surface area contributed by atoms with E-state index in [9.17, 15) is 8.42 Å². The Kier molecular flexibility index (Phi) is 7.93. The molecule has 2 aromatic heterocycles. The molecule has 8 nitrogen and oxygen atoms in total. The van der Waals surface area contributed by atoms with Crippen LogP contribution in [0.4, 0.5) is 11.4 Å². The number of fused-ring (bicyclic) bond motifs is 1. The van der Waals surface area contributed by atoms with Crippen LogP contribution in [0.15, 0.2) is 65.7 Å². The van der Waals surface area contributed by atoms with Crippen LogP contribution in [0.1, 0.15) is 5.56 Å². The van der Waals surface area contributed by atoms with E-state index in [1.807, 2.05) is 19.2 Å². The maximum Gasteiger partial charge on any atom is 0.268 e. The zero-order chi connectivity index (χ0) is 23.6. The highest BCUT2D eigenvalue weighted by Gasteiger charge is 2.22. The predicted molar refractivity (Wildman–Crippen MR) is 137 cm³/mol. The molecule has 0 unspecified atom stereocenters. The quantitative estimate of drug-likeness (QED) is 0.320. The van der Waals surface area contributed by atoms with E-state index in [0.29, 0.717) is 35.1 Å². The zero-order valence-corrected chi connectivity index (χ0v) is 21.1. The Hall–Kier alpha value is -2.98. The van der Waals surface area contributed by atoms with E-state index < -0.39 is 10.0 Å². The summed E-state index contributed by atoms with van der Waals surface area (Å²) >= 11 is 6.26. The van der Waals surface area contributed by atoms with Gasteiger partial charge in [-0.25, -0.2) is 12.4 Å². The van der Waals surface area contributed by atoms with Crippen molar-refractivity contribution in [2.45, 2.75) is 11.4 Å². The number of nitrogens with one attached hydrogen (secondary N) is 2. The number of aromatic nitrogens is 2. The Labute approximate surface area is 209 Å². The molecule has 2 aromatic carbocycles. The molecule has 0 aliphatic rings. The maximum absolute atomic E-state index is 13.5. The van der Waals surface area contributed by atoms with E-state index in [-0.39, 0.29) is 22.5 Å². The van der Waals surface area contributed by atoms with Crippen molar-refractivity contribution < 1.29 is 17.9 Å². The number of methoxy groups -OCH3 is 2. The molecule has 4 rings (SSSR count). The Morgan fingerprint density at radius 2 is 1.85 bits per heavy atom. The molecular formula is C23H24Cl2N4O4S. The number of hydrogen-bond acceptors (Lipinski definition) is 7. The van der Waals surface area contributed by atoms with Crippen LogP contribution in [-0.4, -0.2) is 38.6 Å². The third-order valence-corrected chi connectivity index (χ3v) is 7.09. The number of halogens is 2. The Bertz CT molecular complexity index is 1420. The molecule has 0 saturated heterocycles. The van der Waals surface area contributed by atoms with Crippen LogP contribution in [0, 0.1) is 0 Å². The first-order valence-electron chi connectivity index (χ1n) is 10.0. The molecule has 2 N–H and O–H groups in total. The van der Waals surface area contributed by atoms with Gasteiger partial charge >= 0.3 is 0 Å². The molecule has 34 heavy (non-hydrogen) atoms. The molecule has 11 heteroatoms. The summed E-state index contributed by atoms with van der Waals surface area (Å²) in [5.74, 6) is 0.864. The lowest BCUT2D eigenvalue weighted by Gasteiger charge is -2.11. The molecular weight excluding hydrogens is 499 g/mol. The van der Waals surface area contributed by atoms with Crippen molar-refractivity contribution in [3.05, 3.63) is 71.5 Å². The first kappa shape index (κ1) is 25.6. The predicted octanol–water partition coefficient (Wildman–Crippen LogP) is 4.83. The number of nitrogens with zero attached hydrogens (tertiary/aromatic N) is 2. The van der Waals surface area contributed by atoms with Gasteiger partial charge in [-0.3, -0.25) is 0 Å². The second-order valence-corrected chi connectivity index (χ2v) is 9.39. The summed E-state index contributed by atoms with van der Waals surface area (Å²) in [5, 5.41) is 7.35. The minimum absolute atomic E-state index is 0. The Morgan fingerprint density at radius 1 is 1.06 bits per heavy atom. The van der Waals surface area contributed by atoms with Crippen molar-refractivity contribution in [2.24, 2.45) is 0 Å². The van der Waals surface area contributed by atoms with Crippen molar-refractivity contribution >= 4 is 56.3 Å². The average Bonchev–Trinajstić information content (AvgIpc) is 3.19. The molecule has 4 aromatic rings. The lowest BCUT2D eigenvalue weighted by atomic mass is 10.1. The van der Waals surface area contributed by atoms with E-state index in [4.69, 9.17) is 21.1 Å². The van der Waals surface area contributed by atoms with Gasteiger partial charge in [-0.1, -0.05) is 23.7 Å². The molecule has 0 fully saturated rings. The van der Waals surface area contributed by atoms with Gasteiger partial charge in [0.1, 0.15) is 5.75 Å². The third-order valence-electron chi connectivity index (χ3n) is 5.13. The number of hydrogen-bond donors (Lipinski definition) is 2. The van der Waals surface area contributed by atoms with Gasteiger partial charge in [-0.05, 0) is 42.9 Å². The van der Waals surface area contributed by atoms with Crippen molar-refractivity contribution in [1.82, 2.24) is 14.3 Å². The van der Waals surface area contributed by atoms with Gasteiger partial charge in [0, 0.05) is 35.9 Å². The molecule has 0 saturated carbocycles. The number of benzene rings is 2. The average molecular weight is 523 g/mol. The van der Waals surface area contributed by atoms with Crippen LogP contribution in [-0.2, 0) is 16.6 Å². The zero-order valence-electron chi connectivity index (χ0n) is 18.7. The molecule has 2 heterocycles. The van der Waals surface area contributed by atoms with Gasteiger partial charge in [-0.2, -0.15) is 4.98 Å².